The van der Waals surface area contributed by atoms with Crippen molar-refractivity contribution in [2.24, 2.45) is 0 Å². The summed E-state index contributed by atoms with van der Waals surface area (Å²) in [5, 5.41) is 8.69. The van der Waals surface area contributed by atoms with E-state index in [0.717, 1.165) is 17.5 Å². The molecule has 80 valence electrons. The first-order valence-electron chi connectivity index (χ1n) is 4.83. The topological polar surface area (TPSA) is 63.1 Å². The zero-order valence-corrected chi connectivity index (χ0v) is 8.50. The van der Waals surface area contributed by atoms with E-state index in [0.29, 0.717) is 0 Å². The number of rotatable bonds is 3. The average molecular weight is 214 g/mol. The van der Waals surface area contributed by atoms with Gasteiger partial charge in [-0.1, -0.05) is 6.07 Å². The number of hydrogen-bond donors (Lipinski definition) is 1. The summed E-state index contributed by atoms with van der Waals surface area (Å²) in [6.07, 6.45) is 5.78. The highest BCUT2D eigenvalue weighted by molar-refractivity contribution is 5.85. The summed E-state index contributed by atoms with van der Waals surface area (Å²) in [6.45, 7) is 0. The van der Waals surface area contributed by atoms with Crippen LogP contribution in [0, 0.1) is 0 Å². The van der Waals surface area contributed by atoms with Gasteiger partial charge in [0, 0.05) is 18.6 Å². The van der Waals surface area contributed by atoms with Gasteiger partial charge >= 0.3 is 5.97 Å². The van der Waals surface area contributed by atoms with Gasteiger partial charge in [-0.25, -0.2) is 9.78 Å². The van der Waals surface area contributed by atoms with Gasteiger partial charge in [0.05, 0.1) is 0 Å². The third-order valence-corrected chi connectivity index (χ3v) is 2.20. The lowest BCUT2D eigenvalue weighted by atomic mass is 10.1. The molecular formula is C12H10N2O2. The Morgan fingerprint density at radius 3 is 2.44 bits per heavy atom. The Morgan fingerprint density at radius 2 is 1.88 bits per heavy atom. The van der Waals surface area contributed by atoms with Crippen molar-refractivity contribution < 1.29 is 9.90 Å². The third kappa shape index (κ3) is 2.42. The molecule has 0 fully saturated rings. The lowest BCUT2D eigenvalue weighted by molar-refractivity contribution is 0.0690. The highest BCUT2D eigenvalue weighted by Crippen LogP contribution is 2.07. The van der Waals surface area contributed by atoms with E-state index in [-0.39, 0.29) is 5.69 Å². The van der Waals surface area contributed by atoms with Crippen molar-refractivity contribution in [3.63, 3.8) is 0 Å². The maximum absolute atomic E-state index is 10.6. The van der Waals surface area contributed by atoms with Crippen LogP contribution < -0.4 is 0 Å². The van der Waals surface area contributed by atoms with Crippen LogP contribution in [-0.2, 0) is 6.42 Å². The molecule has 0 aliphatic carbocycles. The number of hydrogen-bond acceptors (Lipinski definition) is 3. The second kappa shape index (κ2) is 4.53. The minimum absolute atomic E-state index is 0.0680. The molecule has 1 N–H and O–H groups in total. The molecule has 4 nitrogen and oxygen atoms in total. The van der Waals surface area contributed by atoms with Gasteiger partial charge in [0.1, 0.15) is 5.69 Å². The normalized spacial score (nSPS) is 10.0. The van der Waals surface area contributed by atoms with E-state index < -0.39 is 5.97 Å². The smallest absolute Gasteiger partial charge is 0.354 e. The van der Waals surface area contributed by atoms with Gasteiger partial charge in [0.2, 0.25) is 0 Å². The Balaban J connectivity index is 2.14. The predicted octanol–water partition coefficient (Wildman–Crippen LogP) is 1.77. The van der Waals surface area contributed by atoms with Crippen molar-refractivity contribution in [3.05, 3.63) is 59.7 Å². The molecule has 0 saturated carbocycles. The minimum atomic E-state index is -1.00. The van der Waals surface area contributed by atoms with Crippen molar-refractivity contribution in [2.45, 2.75) is 6.42 Å². The summed E-state index contributed by atoms with van der Waals surface area (Å²) in [4.78, 5) is 18.4. The first-order valence-corrected chi connectivity index (χ1v) is 4.83. The number of aromatic nitrogens is 2. The zero-order chi connectivity index (χ0) is 11.4. The first kappa shape index (κ1) is 10.3. The van der Waals surface area contributed by atoms with Crippen LogP contribution >= 0.6 is 0 Å². The van der Waals surface area contributed by atoms with E-state index in [1.54, 1.807) is 24.7 Å². The van der Waals surface area contributed by atoms with Crippen molar-refractivity contribution in [3.8, 4) is 0 Å². The van der Waals surface area contributed by atoms with Crippen LogP contribution in [0.1, 0.15) is 21.6 Å². The maximum atomic E-state index is 10.6. The standard InChI is InChI=1S/C12H10N2O2/c15-12(16)11-2-1-10(8-14-11)7-9-3-5-13-6-4-9/h1-6,8H,7H2,(H,15,16). The van der Waals surface area contributed by atoms with E-state index >= 15 is 0 Å². The van der Waals surface area contributed by atoms with Gasteiger partial charge in [-0.15, -0.1) is 0 Å². The van der Waals surface area contributed by atoms with Crippen LogP contribution in [-0.4, -0.2) is 21.0 Å². The molecule has 0 spiro atoms. The molecule has 2 aromatic rings. The Morgan fingerprint density at radius 1 is 1.12 bits per heavy atom. The van der Waals surface area contributed by atoms with Gasteiger partial charge in [-0.2, -0.15) is 0 Å². The second-order valence-corrected chi connectivity index (χ2v) is 3.39. The Labute approximate surface area is 92.6 Å². The summed E-state index contributed by atoms with van der Waals surface area (Å²) < 4.78 is 0. The van der Waals surface area contributed by atoms with Crippen LogP contribution in [0.4, 0.5) is 0 Å². The Kier molecular flexibility index (Phi) is 2.91. The number of carboxylic acid groups (broad SMARTS) is 1. The van der Waals surface area contributed by atoms with Crippen molar-refractivity contribution in [1.82, 2.24) is 9.97 Å². The maximum Gasteiger partial charge on any atom is 0.354 e. The minimum Gasteiger partial charge on any atom is -0.477 e. The van der Waals surface area contributed by atoms with Crippen LogP contribution in [0.25, 0.3) is 0 Å². The molecule has 0 aliphatic heterocycles. The van der Waals surface area contributed by atoms with Gasteiger partial charge in [0.15, 0.2) is 0 Å². The van der Waals surface area contributed by atoms with Crippen LogP contribution in [0.3, 0.4) is 0 Å². The number of carbonyl (C=O) groups is 1. The molecular weight excluding hydrogens is 204 g/mol. The lowest BCUT2D eigenvalue weighted by Gasteiger charge is -2.01. The lowest BCUT2D eigenvalue weighted by Crippen LogP contribution is -2.00. The molecule has 4 heteroatoms. The Hall–Kier alpha value is -2.23. The first-order chi connectivity index (χ1) is 7.75. The average Bonchev–Trinajstić information content (AvgIpc) is 2.31. The molecule has 0 amide bonds. The van der Waals surface area contributed by atoms with E-state index in [2.05, 4.69) is 9.97 Å². The molecule has 2 heterocycles. The second-order valence-electron chi connectivity index (χ2n) is 3.39. The summed E-state index contributed by atoms with van der Waals surface area (Å²) in [7, 11) is 0. The number of pyridine rings is 2. The highest BCUT2D eigenvalue weighted by Gasteiger charge is 2.03. The summed E-state index contributed by atoms with van der Waals surface area (Å²) in [6, 6.07) is 7.13. The fourth-order valence-corrected chi connectivity index (χ4v) is 1.39. The molecule has 0 radical (unpaired) electrons. The van der Waals surface area contributed by atoms with Crippen LogP contribution in [0.15, 0.2) is 42.9 Å². The van der Waals surface area contributed by atoms with Crippen LogP contribution in [0.5, 0.6) is 0 Å². The largest absolute Gasteiger partial charge is 0.477 e. The number of aromatic carboxylic acids is 1. The van der Waals surface area contributed by atoms with Crippen LogP contribution in [0.2, 0.25) is 0 Å². The van der Waals surface area contributed by atoms with Gasteiger partial charge < -0.3 is 5.11 Å². The summed E-state index contributed by atoms with van der Waals surface area (Å²) >= 11 is 0. The van der Waals surface area contributed by atoms with Gasteiger partial charge in [-0.05, 0) is 35.7 Å². The van der Waals surface area contributed by atoms with E-state index in [9.17, 15) is 4.79 Å². The fraction of sp³-hybridized carbons (Fsp3) is 0.0833. The zero-order valence-electron chi connectivity index (χ0n) is 8.50. The van der Waals surface area contributed by atoms with Crippen molar-refractivity contribution in [2.75, 3.05) is 0 Å². The molecule has 0 saturated heterocycles. The highest BCUT2D eigenvalue weighted by atomic mass is 16.4. The molecule has 16 heavy (non-hydrogen) atoms. The molecule has 0 atom stereocenters. The Bertz CT molecular complexity index is 480. The molecule has 0 bridgehead atoms. The third-order valence-electron chi connectivity index (χ3n) is 2.20. The summed E-state index contributed by atoms with van der Waals surface area (Å²) in [5.41, 5.74) is 2.18. The van der Waals surface area contributed by atoms with Crippen molar-refractivity contribution in [1.29, 1.82) is 0 Å². The molecule has 0 unspecified atom stereocenters. The van der Waals surface area contributed by atoms with E-state index in [1.807, 2.05) is 12.1 Å². The van der Waals surface area contributed by atoms with Gasteiger partial charge in [-0.3, -0.25) is 4.98 Å². The van der Waals surface area contributed by atoms with Crippen molar-refractivity contribution >= 4 is 5.97 Å². The number of carboxylic acids is 1. The number of nitrogens with zero attached hydrogens (tertiary/aromatic N) is 2. The molecule has 0 aliphatic rings. The quantitative estimate of drug-likeness (QED) is 0.845. The predicted molar refractivity (Wildman–Crippen MR) is 58.2 cm³/mol. The van der Waals surface area contributed by atoms with Gasteiger partial charge in [0.25, 0.3) is 0 Å². The fourth-order valence-electron chi connectivity index (χ4n) is 1.39. The molecule has 2 rings (SSSR count). The molecule has 0 aromatic carbocycles. The van der Waals surface area contributed by atoms with E-state index in [4.69, 9.17) is 5.11 Å². The monoisotopic (exact) mass is 214 g/mol. The SMILES string of the molecule is O=C(O)c1ccc(Cc2ccncc2)cn1. The van der Waals surface area contributed by atoms with E-state index in [1.165, 1.54) is 6.07 Å². The molecule has 2 aromatic heterocycles. The summed E-state index contributed by atoms with van der Waals surface area (Å²) in [5.74, 6) is -1.00.